The lowest BCUT2D eigenvalue weighted by Crippen LogP contribution is -2.20. The Balaban J connectivity index is 1.69. The van der Waals surface area contributed by atoms with Crippen molar-refractivity contribution in [1.29, 1.82) is 0 Å². The summed E-state index contributed by atoms with van der Waals surface area (Å²) in [7, 11) is 0. The molecule has 0 unspecified atom stereocenters. The summed E-state index contributed by atoms with van der Waals surface area (Å²) < 4.78 is 1.63. The van der Waals surface area contributed by atoms with E-state index in [1.165, 1.54) is 12.3 Å². The third-order valence-electron chi connectivity index (χ3n) is 6.26. The number of hydrogen-bond acceptors (Lipinski definition) is 6. The molecular formula is C26H22ClN5O4. The number of nitrogens with zero attached hydrogens (tertiary/aromatic N) is 4. The molecule has 1 aromatic carbocycles. The Bertz CT molecular complexity index is 1590. The zero-order chi connectivity index (χ0) is 25.6. The van der Waals surface area contributed by atoms with Gasteiger partial charge in [-0.3, -0.25) is 14.6 Å². The van der Waals surface area contributed by atoms with Crippen LogP contribution in [0.1, 0.15) is 40.5 Å². The van der Waals surface area contributed by atoms with Crippen LogP contribution < -0.4 is 15.6 Å². The van der Waals surface area contributed by atoms with Crippen molar-refractivity contribution in [2.24, 2.45) is 0 Å². The molecule has 182 valence electrons. The summed E-state index contributed by atoms with van der Waals surface area (Å²) in [5.74, 6) is -1.12. The Labute approximate surface area is 211 Å². The van der Waals surface area contributed by atoms with Gasteiger partial charge in [0, 0.05) is 30.7 Å². The smallest absolute Gasteiger partial charge is 0.341 e. The van der Waals surface area contributed by atoms with Gasteiger partial charge in [0.1, 0.15) is 11.4 Å². The van der Waals surface area contributed by atoms with Crippen molar-refractivity contribution in [3.63, 3.8) is 0 Å². The molecule has 36 heavy (non-hydrogen) atoms. The second-order valence-electron chi connectivity index (χ2n) is 8.59. The van der Waals surface area contributed by atoms with Gasteiger partial charge in [-0.25, -0.2) is 9.78 Å². The number of hydrogen-bond donors (Lipinski definition) is 2. The average molecular weight is 504 g/mol. The molecule has 2 N–H and O–H groups in total. The molecule has 1 aliphatic rings. The summed E-state index contributed by atoms with van der Waals surface area (Å²) in [4.78, 5) is 47.6. The molecule has 0 bridgehead atoms. The van der Waals surface area contributed by atoms with Crippen LogP contribution in [0.15, 0.2) is 53.7 Å². The zero-order valence-corrected chi connectivity index (χ0v) is 20.3. The predicted molar refractivity (Wildman–Crippen MR) is 137 cm³/mol. The molecule has 0 radical (unpaired) electrons. The average Bonchev–Trinajstić information content (AvgIpc) is 3.28. The first-order valence-corrected chi connectivity index (χ1v) is 11.7. The summed E-state index contributed by atoms with van der Waals surface area (Å²) in [5, 5.41) is 12.9. The molecule has 5 rings (SSSR count). The van der Waals surface area contributed by atoms with Crippen LogP contribution in [0.4, 0.5) is 11.5 Å². The summed E-state index contributed by atoms with van der Waals surface area (Å²) in [6.07, 6.45) is 4.91. The van der Waals surface area contributed by atoms with E-state index in [1.807, 2.05) is 19.1 Å². The Morgan fingerprint density at radius 1 is 1.17 bits per heavy atom. The third kappa shape index (κ3) is 4.07. The molecule has 0 spiro atoms. The van der Waals surface area contributed by atoms with E-state index in [0.717, 1.165) is 16.8 Å². The largest absolute Gasteiger partial charge is 0.477 e. The number of carboxylic acid groups (broad SMARTS) is 1. The van der Waals surface area contributed by atoms with E-state index in [-0.39, 0.29) is 16.9 Å². The van der Waals surface area contributed by atoms with Crippen LogP contribution in [-0.4, -0.2) is 31.5 Å². The van der Waals surface area contributed by atoms with Crippen LogP contribution >= 0.6 is 11.6 Å². The fraction of sp³-hybridized carbons (Fsp3) is 0.192. The molecular weight excluding hydrogens is 482 g/mol. The molecule has 0 saturated heterocycles. The Morgan fingerprint density at radius 3 is 2.67 bits per heavy atom. The number of aryl methyl sites for hydroxylation is 1. The molecule has 4 aromatic rings. The van der Waals surface area contributed by atoms with Crippen molar-refractivity contribution in [1.82, 2.24) is 14.5 Å². The van der Waals surface area contributed by atoms with Gasteiger partial charge in [0.25, 0.3) is 0 Å². The lowest BCUT2D eigenvalue weighted by Gasteiger charge is -2.22. The first-order chi connectivity index (χ1) is 17.3. The second-order valence-corrected chi connectivity index (χ2v) is 9.00. The Kier molecular flexibility index (Phi) is 5.93. The monoisotopic (exact) mass is 503 g/mol. The maximum Gasteiger partial charge on any atom is 0.341 e. The minimum absolute atomic E-state index is 0.169. The molecule has 3 aromatic heterocycles. The number of pyridine rings is 3. The quantitative estimate of drug-likeness (QED) is 0.416. The highest BCUT2D eigenvalue weighted by atomic mass is 35.5. The van der Waals surface area contributed by atoms with Gasteiger partial charge in [0.2, 0.25) is 11.3 Å². The molecule has 4 heterocycles. The van der Waals surface area contributed by atoms with E-state index in [9.17, 15) is 19.5 Å². The number of amides is 1. The summed E-state index contributed by atoms with van der Waals surface area (Å²) >= 11 is 6.63. The minimum atomic E-state index is -1.34. The normalized spacial score (nSPS) is 12.6. The maximum atomic E-state index is 13.1. The highest BCUT2D eigenvalue weighted by Crippen LogP contribution is 2.36. The number of aromatic carboxylic acids is 1. The van der Waals surface area contributed by atoms with Crippen molar-refractivity contribution in [2.45, 2.75) is 33.4 Å². The van der Waals surface area contributed by atoms with Crippen molar-refractivity contribution in [3.8, 4) is 5.69 Å². The lowest BCUT2D eigenvalue weighted by molar-refractivity contribution is -0.115. The third-order valence-corrected chi connectivity index (χ3v) is 6.56. The predicted octanol–water partition coefficient (Wildman–Crippen LogP) is 4.31. The van der Waals surface area contributed by atoms with Crippen molar-refractivity contribution in [2.75, 3.05) is 10.2 Å². The van der Waals surface area contributed by atoms with Crippen molar-refractivity contribution in [3.05, 3.63) is 86.6 Å². The standard InChI is InChI=1S/C26H22ClN5O4/c1-3-24(33)30-23-7-14(2)22(10-29-23)32-12-17(26(35)36)25(34)16-8-18(27)21(9-20(16)32)31-11-15-5-4-6-28-19(15)13-31/h4-10,12H,3,11,13H2,1-2H3,(H,35,36)(H,29,30,33). The Hall–Kier alpha value is -4.24. The number of carbonyl (C=O) groups is 2. The highest BCUT2D eigenvalue weighted by molar-refractivity contribution is 6.34. The fourth-order valence-electron chi connectivity index (χ4n) is 4.40. The number of halogens is 1. The van der Waals surface area contributed by atoms with Crippen LogP contribution in [0.5, 0.6) is 0 Å². The number of anilines is 2. The maximum absolute atomic E-state index is 13.1. The first-order valence-electron chi connectivity index (χ1n) is 11.3. The van der Waals surface area contributed by atoms with Crippen LogP contribution in [0.3, 0.4) is 0 Å². The second kappa shape index (κ2) is 9.09. The van der Waals surface area contributed by atoms with Crippen LogP contribution in [-0.2, 0) is 17.9 Å². The summed E-state index contributed by atoms with van der Waals surface area (Å²) in [5.41, 5.74) is 3.54. The SMILES string of the molecule is CCC(=O)Nc1cc(C)c(-n2cc(C(=O)O)c(=O)c3cc(Cl)c(N4Cc5cccnc5C4)cc32)cn1. The summed E-state index contributed by atoms with van der Waals surface area (Å²) in [6, 6.07) is 8.92. The number of rotatable bonds is 5. The van der Waals surface area contributed by atoms with Gasteiger partial charge < -0.3 is 19.9 Å². The van der Waals surface area contributed by atoms with Crippen molar-refractivity contribution >= 4 is 45.9 Å². The van der Waals surface area contributed by atoms with Gasteiger partial charge in [-0.2, -0.15) is 0 Å². The van der Waals surface area contributed by atoms with E-state index < -0.39 is 11.4 Å². The van der Waals surface area contributed by atoms with Crippen LogP contribution in [0, 0.1) is 6.92 Å². The molecule has 1 amide bonds. The molecule has 0 saturated carbocycles. The minimum Gasteiger partial charge on any atom is -0.477 e. The van der Waals surface area contributed by atoms with E-state index in [4.69, 9.17) is 11.6 Å². The van der Waals surface area contributed by atoms with Gasteiger partial charge in [0.05, 0.1) is 40.3 Å². The van der Waals surface area contributed by atoms with Gasteiger partial charge in [-0.1, -0.05) is 24.6 Å². The molecule has 0 fully saturated rings. The number of carbonyl (C=O) groups excluding carboxylic acids is 1. The molecule has 10 heteroatoms. The van der Waals surface area contributed by atoms with E-state index in [1.54, 1.807) is 36.0 Å². The molecule has 9 nitrogen and oxygen atoms in total. The van der Waals surface area contributed by atoms with Crippen molar-refractivity contribution < 1.29 is 14.7 Å². The summed E-state index contributed by atoms with van der Waals surface area (Å²) in [6.45, 7) is 4.74. The van der Waals surface area contributed by atoms with Gasteiger partial charge in [-0.05, 0) is 42.3 Å². The molecule has 0 atom stereocenters. The van der Waals surface area contributed by atoms with Crippen LogP contribution in [0.25, 0.3) is 16.6 Å². The number of nitrogens with one attached hydrogen (secondary N) is 1. The fourth-order valence-corrected chi connectivity index (χ4v) is 4.68. The molecule has 0 aliphatic carbocycles. The van der Waals surface area contributed by atoms with E-state index in [0.29, 0.717) is 47.2 Å². The number of aromatic nitrogens is 3. The first kappa shape index (κ1) is 23.5. The topological polar surface area (TPSA) is 117 Å². The number of fused-ring (bicyclic) bond motifs is 2. The zero-order valence-electron chi connectivity index (χ0n) is 19.6. The van der Waals surface area contributed by atoms with Gasteiger partial charge in [0.15, 0.2) is 0 Å². The lowest BCUT2D eigenvalue weighted by atomic mass is 10.1. The van der Waals surface area contributed by atoms with Gasteiger partial charge in [-0.15, -0.1) is 0 Å². The van der Waals surface area contributed by atoms with Gasteiger partial charge >= 0.3 is 5.97 Å². The number of benzene rings is 1. The van der Waals surface area contributed by atoms with E-state index in [2.05, 4.69) is 20.2 Å². The molecule has 1 aliphatic heterocycles. The van der Waals surface area contributed by atoms with E-state index >= 15 is 0 Å². The Morgan fingerprint density at radius 2 is 1.97 bits per heavy atom. The van der Waals surface area contributed by atoms with Crippen LogP contribution in [0.2, 0.25) is 5.02 Å². The number of carboxylic acids is 1. The highest BCUT2D eigenvalue weighted by Gasteiger charge is 2.24.